The topological polar surface area (TPSA) is 49.8 Å². The molecule has 4 nitrogen and oxygen atoms in total. The monoisotopic (exact) mass is 187 g/mol. The van der Waals surface area contributed by atoms with Crippen molar-refractivity contribution in [2.24, 2.45) is 0 Å². The standard InChI is InChI=1S/C9H17NO3/c1-10(8-4-6-13-7-8)9(12)3-2-5-11/h8,11H,2-7H2,1H3. The molecule has 0 bridgehead atoms. The molecule has 1 amide bonds. The molecule has 1 aliphatic heterocycles. The summed E-state index contributed by atoms with van der Waals surface area (Å²) in [7, 11) is 1.80. The molecule has 0 aliphatic carbocycles. The van der Waals surface area contributed by atoms with E-state index in [0.717, 1.165) is 13.0 Å². The van der Waals surface area contributed by atoms with E-state index in [9.17, 15) is 4.79 Å². The van der Waals surface area contributed by atoms with E-state index >= 15 is 0 Å². The Balaban J connectivity index is 2.28. The van der Waals surface area contributed by atoms with Gasteiger partial charge in [0.15, 0.2) is 0 Å². The average Bonchev–Trinajstić information content (AvgIpc) is 2.65. The van der Waals surface area contributed by atoms with Crippen molar-refractivity contribution in [3.63, 3.8) is 0 Å². The van der Waals surface area contributed by atoms with E-state index in [1.165, 1.54) is 0 Å². The van der Waals surface area contributed by atoms with E-state index < -0.39 is 0 Å². The van der Waals surface area contributed by atoms with Crippen LogP contribution in [-0.2, 0) is 9.53 Å². The number of hydrogen-bond acceptors (Lipinski definition) is 3. The molecule has 1 saturated heterocycles. The molecule has 1 unspecified atom stereocenters. The molecular formula is C9H17NO3. The minimum absolute atomic E-state index is 0.0841. The third kappa shape index (κ3) is 2.97. The lowest BCUT2D eigenvalue weighted by molar-refractivity contribution is -0.132. The average molecular weight is 187 g/mol. The predicted molar refractivity (Wildman–Crippen MR) is 48.3 cm³/mol. The molecule has 1 rings (SSSR count). The first kappa shape index (κ1) is 10.5. The molecule has 0 saturated carbocycles. The van der Waals surface area contributed by atoms with Gasteiger partial charge in [0.1, 0.15) is 0 Å². The minimum Gasteiger partial charge on any atom is -0.396 e. The Morgan fingerprint density at radius 3 is 3.00 bits per heavy atom. The van der Waals surface area contributed by atoms with Crippen LogP contribution in [-0.4, -0.2) is 48.8 Å². The van der Waals surface area contributed by atoms with Crippen LogP contribution in [0.1, 0.15) is 19.3 Å². The molecule has 0 spiro atoms. The van der Waals surface area contributed by atoms with E-state index in [1.807, 2.05) is 0 Å². The molecule has 1 aliphatic rings. The first-order valence-electron chi connectivity index (χ1n) is 4.70. The van der Waals surface area contributed by atoms with Gasteiger partial charge in [-0.3, -0.25) is 4.79 Å². The maximum absolute atomic E-state index is 11.4. The molecule has 0 aromatic heterocycles. The van der Waals surface area contributed by atoms with Gasteiger partial charge in [0.25, 0.3) is 0 Å². The first-order chi connectivity index (χ1) is 6.25. The quantitative estimate of drug-likeness (QED) is 0.674. The summed E-state index contributed by atoms with van der Waals surface area (Å²) in [5.41, 5.74) is 0. The van der Waals surface area contributed by atoms with Crippen molar-refractivity contribution < 1.29 is 14.6 Å². The summed E-state index contributed by atoms with van der Waals surface area (Å²) in [5, 5.41) is 8.57. The van der Waals surface area contributed by atoms with Gasteiger partial charge < -0.3 is 14.7 Å². The van der Waals surface area contributed by atoms with Crippen molar-refractivity contribution in [3.8, 4) is 0 Å². The Morgan fingerprint density at radius 2 is 2.46 bits per heavy atom. The molecule has 1 N–H and O–H groups in total. The van der Waals surface area contributed by atoms with Crippen LogP contribution >= 0.6 is 0 Å². The van der Waals surface area contributed by atoms with Gasteiger partial charge in [-0.15, -0.1) is 0 Å². The van der Waals surface area contributed by atoms with Crippen molar-refractivity contribution >= 4 is 5.91 Å². The highest BCUT2D eigenvalue weighted by Gasteiger charge is 2.23. The molecule has 1 atom stereocenters. The highest BCUT2D eigenvalue weighted by molar-refractivity contribution is 5.76. The summed E-state index contributed by atoms with van der Waals surface area (Å²) >= 11 is 0. The number of amides is 1. The number of carbonyl (C=O) groups excluding carboxylic acids is 1. The molecule has 4 heteroatoms. The second-order valence-electron chi connectivity index (χ2n) is 3.35. The van der Waals surface area contributed by atoms with Crippen molar-refractivity contribution in [2.45, 2.75) is 25.3 Å². The number of carbonyl (C=O) groups is 1. The second kappa shape index (κ2) is 5.19. The lowest BCUT2D eigenvalue weighted by atomic mass is 10.2. The van der Waals surface area contributed by atoms with Crippen molar-refractivity contribution in [1.29, 1.82) is 0 Å². The van der Waals surface area contributed by atoms with Crippen LogP contribution in [0.3, 0.4) is 0 Å². The summed E-state index contributed by atoms with van der Waals surface area (Å²) in [6, 6.07) is 0.242. The van der Waals surface area contributed by atoms with Gasteiger partial charge in [0.05, 0.1) is 12.6 Å². The van der Waals surface area contributed by atoms with Crippen LogP contribution in [0.15, 0.2) is 0 Å². The third-order valence-electron chi connectivity index (χ3n) is 2.40. The summed E-state index contributed by atoms with van der Waals surface area (Å²) in [6.07, 6.45) is 1.92. The number of rotatable bonds is 4. The number of likely N-dealkylation sites (N-methyl/N-ethyl adjacent to an activating group) is 1. The molecule has 13 heavy (non-hydrogen) atoms. The Hall–Kier alpha value is -0.610. The number of aliphatic hydroxyl groups excluding tert-OH is 1. The molecule has 1 fully saturated rings. The fraction of sp³-hybridized carbons (Fsp3) is 0.889. The van der Waals surface area contributed by atoms with Crippen molar-refractivity contribution in [1.82, 2.24) is 4.90 Å². The van der Waals surface area contributed by atoms with Gasteiger partial charge in [-0.05, 0) is 12.8 Å². The maximum atomic E-state index is 11.4. The van der Waals surface area contributed by atoms with Crippen LogP contribution in [0, 0.1) is 0 Å². The highest BCUT2D eigenvalue weighted by Crippen LogP contribution is 2.11. The SMILES string of the molecule is CN(C(=O)CCCO)C1CCOC1. The number of hydrogen-bond donors (Lipinski definition) is 1. The van der Waals surface area contributed by atoms with Crippen LogP contribution in [0.4, 0.5) is 0 Å². The molecular weight excluding hydrogens is 170 g/mol. The maximum Gasteiger partial charge on any atom is 0.222 e. The van der Waals surface area contributed by atoms with Gasteiger partial charge in [-0.25, -0.2) is 0 Å². The zero-order valence-corrected chi connectivity index (χ0v) is 8.03. The van der Waals surface area contributed by atoms with Crippen LogP contribution in [0.2, 0.25) is 0 Å². The summed E-state index contributed by atoms with van der Waals surface area (Å²) in [4.78, 5) is 13.2. The summed E-state index contributed by atoms with van der Waals surface area (Å²) in [5.74, 6) is 0.101. The zero-order chi connectivity index (χ0) is 9.68. The normalized spacial score (nSPS) is 21.8. The largest absolute Gasteiger partial charge is 0.396 e. The van der Waals surface area contributed by atoms with E-state index in [2.05, 4.69) is 0 Å². The minimum atomic E-state index is 0.0841. The molecule has 76 valence electrons. The molecule has 0 aromatic rings. The smallest absolute Gasteiger partial charge is 0.222 e. The third-order valence-corrected chi connectivity index (χ3v) is 2.40. The fourth-order valence-electron chi connectivity index (χ4n) is 1.44. The van der Waals surface area contributed by atoms with Gasteiger partial charge in [0.2, 0.25) is 5.91 Å². The van der Waals surface area contributed by atoms with Gasteiger partial charge >= 0.3 is 0 Å². The second-order valence-corrected chi connectivity index (χ2v) is 3.35. The lowest BCUT2D eigenvalue weighted by Crippen LogP contribution is -2.37. The Labute approximate surface area is 78.5 Å². The molecule has 1 heterocycles. The summed E-state index contributed by atoms with van der Waals surface area (Å²) in [6.45, 7) is 1.49. The van der Waals surface area contributed by atoms with Gasteiger partial charge in [-0.2, -0.15) is 0 Å². The van der Waals surface area contributed by atoms with Crippen LogP contribution < -0.4 is 0 Å². The van der Waals surface area contributed by atoms with Crippen LogP contribution in [0.5, 0.6) is 0 Å². The van der Waals surface area contributed by atoms with E-state index in [1.54, 1.807) is 11.9 Å². The fourth-order valence-corrected chi connectivity index (χ4v) is 1.44. The van der Waals surface area contributed by atoms with Gasteiger partial charge in [-0.1, -0.05) is 0 Å². The predicted octanol–water partition coefficient (Wildman–Crippen LogP) is 0.00620. The molecule has 0 aromatic carbocycles. The van der Waals surface area contributed by atoms with E-state index in [0.29, 0.717) is 19.4 Å². The number of ether oxygens (including phenoxy) is 1. The zero-order valence-electron chi connectivity index (χ0n) is 8.03. The van der Waals surface area contributed by atoms with Crippen molar-refractivity contribution in [3.05, 3.63) is 0 Å². The van der Waals surface area contributed by atoms with Crippen LogP contribution in [0.25, 0.3) is 0 Å². The highest BCUT2D eigenvalue weighted by atomic mass is 16.5. The Morgan fingerprint density at radius 1 is 1.69 bits per heavy atom. The lowest BCUT2D eigenvalue weighted by Gasteiger charge is -2.22. The van der Waals surface area contributed by atoms with E-state index in [-0.39, 0.29) is 18.6 Å². The van der Waals surface area contributed by atoms with E-state index in [4.69, 9.17) is 9.84 Å². The number of aliphatic hydroxyl groups is 1. The number of nitrogens with zero attached hydrogens (tertiary/aromatic N) is 1. The van der Waals surface area contributed by atoms with Crippen molar-refractivity contribution in [2.75, 3.05) is 26.9 Å². The Bertz CT molecular complexity index is 166. The van der Waals surface area contributed by atoms with Gasteiger partial charge in [0, 0.05) is 26.7 Å². The molecule has 0 radical (unpaired) electrons. The summed E-state index contributed by atoms with van der Waals surface area (Å²) < 4.78 is 5.19. The Kier molecular flexibility index (Phi) is 4.18. The first-order valence-corrected chi connectivity index (χ1v) is 4.70.